The molecule has 0 bridgehead atoms. The van der Waals surface area contributed by atoms with E-state index in [9.17, 15) is 5.26 Å². The summed E-state index contributed by atoms with van der Waals surface area (Å²) in [5, 5.41) is 13.6. The van der Waals surface area contributed by atoms with E-state index in [0.717, 1.165) is 37.9 Å². The maximum absolute atomic E-state index is 9.44. The largest absolute Gasteiger partial charge is 0.423 e. The van der Waals surface area contributed by atoms with Gasteiger partial charge in [0.05, 0.1) is 0 Å². The normalized spacial score (nSPS) is 22.2. The summed E-state index contributed by atoms with van der Waals surface area (Å²) in [7, 11) is 0. The molecule has 1 saturated heterocycles. The van der Waals surface area contributed by atoms with Gasteiger partial charge in [-0.3, -0.25) is 0 Å². The van der Waals surface area contributed by atoms with Gasteiger partial charge in [-0.2, -0.15) is 10.2 Å². The van der Waals surface area contributed by atoms with Gasteiger partial charge in [-0.15, -0.1) is 0 Å². The monoisotopic (exact) mass is 375 g/mol. The van der Waals surface area contributed by atoms with Gasteiger partial charge in [0.2, 0.25) is 29.2 Å². The number of oxazole rings is 1. The van der Waals surface area contributed by atoms with Crippen molar-refractivity contribution in [3.63, 3.8) is 0 Å². The van der Waals surface area contributed by atoms with Crippen molar-refractivity contribution in [1.82, 2.24) is 15.1 Å². The van der Waals surface area contributed by atoms with Crippen LogP contribution in [0.3, 0.4) is 0 Å². The van der Waals surface area contributed by atoms with Gasteiger partial charge in [0.1, 0.15) is 6.07 Å². The van der Waals surface area contributed by atoms with Crippen LogP contribution in [0.25, 0.3) is 11.4 Å². The van der Waals surface area contributed by atoms with Crippen LogP contribution in [0.2, 0.25) is 0 Å². The Kier molecular flexibility index (Phi) is 4.12. The lowest BCUT2D eigenvalue weighted by molar-refractivity contribution is 0.326. The first-order valence-electron chi connectivity index (χ1n) is 9.77. The Morgan fingerprint density at radius 1 is 1.11 bits per heavy atom. The molecule has 0 amide bonds. The summed E-state index contributed by atoms with van der Waals surface area (Å²) in [6, 6.07) is 12.0. The molecule has 1 aliphatic heterocycles. The van der Waals surface area contributed by atoms with Crippen molar-refractivity contribution < 1.29 is 8.94 Å². The Morgan fingerprint density at radius 3 is 2.54 bits per heavy atom. The van der Waals surface area contributed by atoms with Crippen LogP contribution in [-0.2, 0) is 0 Å². The molecule has 0 spiro atoms. The van der Waals surface area contributed by atoms with E-state index in [1.807, 2.05) is 30.3 Å². The van der Waals surface area contributed by atoms with Crippen LogP contribution in [0.1, 0.15) is 55.5 Å². The molecule has 2 aromatic heterocycles. The van der Waals surface area contributed by atoms with Gasteiger partial charge < -0.3 is 13.8 Å². The number of rotatable bonds is 4. The lowest BCUT2D eigenvalue weighted by atomic mass is 9.97. The number of piperidine rings is 1. The molecule has 3 aromatic rings. The molecule has 1 saturated carbocycles. The summed E-state index contributed by atoms with van der Waals surface area (Å²) in [5.41, 5.74) is 1.36. The molecule has 7 nitrogen and oxygen atoms in total. The highest BCUT2D eigenvalue weighted by Crippen LogP contribution is 2.47. The van der Waals surface area contributed by atoms with Crippen LogP contribution in [-0.4, -0.2) is 28.2 Å². The molecule has 0 N–H and O–H groups in total. The molecule has 2 unspecified atom stereocenters. The topological polar surface area (TPSA) is 92.0 Å². The second-order valence-corrected chi connectivity index (χ2v) is 7.72. The smallest absolute Gasteiger partial charge is 0.234 e. The van der Waals surface area contributed by atoms with Crippen LogP contribution in [0.15, 0.2) is 39.3 Å². The Labute approximate surface area is 163 Å². The number of hydrogen-bond donors (Lipinski definition) is 0. The first kappa shape index (κ1) is 17.0. The van der Waals surface area contributed by atoms with Crippen molar-refractivity contribution in [3.05, 3.63) is 47.8 Å². The van der Waals surface area contributed by atoms with E-state index in [0.29, 0.717) is 41.0 Å². The Balaban J connectivity index is 1.28. The van der Waals surface area contributed by atoms with Crippen LogP contribution in [0.5, 0.6) is 0 Å². The number of nitriles is 1. The maximum atomic E-state index is 9.44. The van der Waals surface area contributed by atoms with Gasteiger partial charge in [-0.1, -0.05) is 42.4 Å². The first-order chi connectivity index (χ1) is 13.7. The number of anilines is 1. The molecule has 1 aliphatic carbocycles. The molecule has 5 rings (SSSR count). The van der Waals surface area contributed by atoms with Crippen molar-refractivity contribution in [1.29, 1.82) is 5.26 Å². The van der Waals surface area contributed by atoms with Gasteiger partial charge in [0.25, 0.3) is 0 Å². The van der Waals surface area contributed by atoms with Crippen molar-refractivity contribution in [3.8, 4) is 17.5 Å². The first-order valence-corrected chi connectivity index (χ1v) is 9.77. The molecular weight excluding hydrogens is 354 g/mol. The van der Waals surface area contributed by atoms with Crippen molar-refractivity contribution >= 4 is 5.88 Å². The van der Waals surface area contributed by atoms with E-state index in [-0.39, 0.29) is 5.92 Å². The molecule has 0 radical (unpaired) electrons. The predicted octanol–water partition coefficient (Wildman–Crippen LogP) is 4.10. The second-order valence-electron chi connectivity index (χ2n) is 7.72. The molecule has 1 aromatic carbocycles. The molecule has 28 heavy (non-hydrogen) atoms. The molecule has 2 aliphatic rings. The zero-order chi connectivity index (χ0) is 19.1. The van der Waals surface area contributed by atoms with E-state index in [4.69, 9.17) is 8.94 Å². The maximum Gasteiger partial charge on any atom is 0.234 e. The lowest BCUT2D eigenvalue weighted by Crippen LogP contribution is -2.33. The van der Waals surface area contributed by atoms with Crippen LogP contribution in [0, 0.1) is 17.2 Å². The van der Waals surface area contributed by atoms with Crippen molar-refractivity contribution in [2.24, 2.45) is 5.92 Å². The fourth-order valence-electron chi connectivity index (χ4n) is 3.88. The number of hydrogen-bond acceptors (Lipinski definition) is 7. The molecular formula is C21H21N5O2. The molecule has 7 heteroatoms. The third-order valence-electron chi connectivity index (χ3n) is 5.76. The fraction of sp³-hybridized carbons (Fsp3) is 0.429. The SMILES string of the molecule is CC1CC1c1nc(C#N)c(N2CCC(c3nc(-c4ccccc4)no3)CC2)o1. The third kappa shape index (κ3) is 3.05. The van der Waals surface area contributed by atoms with Gasteiger partial charge in [0.15, 0.2) is 0 Å². The Bertz CT molecular complexity index is 1010. The summed E-state index contributed by atoms with van der Waals surface area (Å²) < 4.78 is 11.5. The highest BCUT2D eigenvalue weighted by atomic mass is 16.5. The fourth-order valence-corrected chi connectivity index (χ4v) is 3.88. The molecule has 2 fully saturated rings. The number of benzene rings is 1. The van der Waals surface area contributed by atoms with Crippen LogP contribution >= 0.6 is 0 Å². The van der Waals surface area contributed by atoms with E-state index < -0.39 is 0 Å². The standard InChI is InChI=1S/C21H21N5O2/c1-13-11-16(13)20-23-17(12-22)21(27-20)26-9-7-15(8-10-26)19-24-18(25-28-19)14-5-3-2-4-6-14/h2-6,13,15-16H,7-11H2,1H3. The average molecular weight is 375 g/mol. The Morgan fingerprint density at radius 2 is 1.86 bits per heavy atom. The minimum Gasteiger partial charge on any atom is -0.423 e. The summed E-state index contributed by atoms with van der Waals surface area (Å²) >= 11 is 0. The lowest BCUT2D eigenvalue weighted by Gasteiger charge is -2.29. The van der Waals surface area contributed by atoms with Gasteiger partial charge >= 0.3 is 0 Å². The van der Waals surface area contributed by atoms with E-state index in [1.54, 1.807) is 0 Å². The summed E-state index contributed by atoms with van der Waals surface area (Å²) in [4.78, 5) is 11.1. The highest BCUT2D eigenvalue weighted by Gasteiger charge is 2.40. The van der Waals surface area contributed by atoms with Crippen LogP contribution < -0.4 is 4.90 Å². The van der Waals surface area contributed by atoms with E-state index in [2.05, 4.69) is 33.0 Å². The second kappa shape index (κ2) is 6.79. The Hall–Kier alpha value is -3.14. The minimum absolute atomic E-state index is 0.220. The van der Waals surface area contributed by atoms with Crippen molar-refractivity contribution in [2.45, 2.75) is 38.0 Å². The van der Waals surface area contributed by atoms with Gasteiger partial charge in [0, 0.05) is 30.5 Å². The summed E-state index contributed by atoms with van der Waals surface area (Å²) in [5.74, 6) is 3.83. The summed E-state index contributed by atoms with van der Waals surface area (Å²) in [6.45, 7) is 3.73. The highest BCUT2D eigenvalue weighted by molar-refractivity contribution is 5.53. The molecule has 2 atom stereocenters. The van der Waals surface area contributed by atoms with Gasteiger partial charge in [-0.25, -0.2) is 4.98 Å². The zero-order valence-electron chi connectivity index (χ0n) is 15.7. The van der Waals surface area contributed by atoms with E-state index >= 15 is 0 Å². The van der Waals surface area contributed by atoms with Gasteiger partial charge in [-0.05, 0) is 25.2 Å². The van der Waals surface area contributed by atoms with Crippen LogP contribution in [0.4, 0.5) is 5.88 Å². The molecule has 142 valence electrons. The zero-order valence-corrected chi connectivity index (χ0v) is 15.7. The number of nitrogens with zero attached hydrogens (tertiary/aromatic N) is 5. The third-order valence-corrected chi connectivity index (χ3v) is 5.76. The number of aromatic nitrogens is 3. The summed E-state index contributed by atoms with van der Waals surface area (Å²) in [6.07, 6.45) is 2.84. The average Bonchev–Trinajstić information content (AvgIpc) is 3.15. The van der Waals surface area contributed by atoms with Crippen molar-refractivity contribution in [2.75, 3.05) is 18.0 Å². The minimum atomic E-state index is 0.220. The van der Waals surface area contributed by atoms with E-state index in [1.165, 1.54) is 0 Å². The molecule has 3 heterocycles. The predicted molar refractivity (Wildman–Crippen MR) is 102 cm³/mol. The quantitative estimate of drug-likeness (QED) is 0.677.